The molecule has 0 atom stereocenters. The Morgan fingerprint density at radius 2 is 1.90 bits per heavy atom. The Morgan fingerprint density at radius 1 is 1.10 bits per heavy atom. The summed E-state index contributed by atoms with van der Waals surface area (Å²) in [4.78, 5) is 0. The number of ether oxygens (including phenoxy) is 1. The van der Waals surface area contributed by atoms with Crippen LogP contribution in [0.2, 0.25) is 0 Å². The smallest absolute Gasteiger partial charge is 0.132 e. The lowest BCUT2D eigenvalue weighted by Crippen LogP contribution is -2.15. The molecular weight excluding hydrogens is 265 g/mol. The summed E-state index contributed by atoms with van der Waals surface area (Å²) in [6.45, 7) is 4.77. The van der Waals surface area contributed by atoms with Crippen molar-refractivity contribution in [2.24, 2.45) is 0 Å². The molecule has 0 aliphatic heterocycles. The van der Waals surface area contributed by atoms with Crippen LogP contribution < -0.4 is 10.1 Å². The maximum absolute atomic E-state index is 13.5. The summed E-state index contributed by atoms with van der Waals surface area (Å²) in [5.74, 6) is 1.28. The molecule has 1 aliphatic carbocycles. The van der Waals surface area contributed by atoms with Crippen molar-refractivity contribution in [2.75, 3.05) is 0 Å². The van der Waals surface area contributed by atoms with Gasteiger partial charge in [-0.1, -0.05) is 6.07 Å². The summed E-state index contributed by atoms with van der Waals surface area (Å²) in [6.07, 6.45) is 2.42. The molecule has 110 valence electrons. The normalized spacial score (nSPS) is 14.2. The van der Waals surface area contributed by atoms with Gasteiger partial charge in [0.2, 0.25) is 0 Å². The molecule has 0 spiro atoms. The minimum Gasteiger partial charge on any atom is -0.457 e. The zero-order chi connectivity index (χ0) is 14.8. The van der Waals surface area contributed by atoms with Crippen LogP contribution in [-0.2, 0) is 6.54 Å². The molecule has 0 amide bonds. The zero-order valence-electron chi connectivity index (χ0n) is 12.4. The SMILES string of the molecule is Cc1ccc(Oc2ccc(F)cc2CNC2CC2)cc1C. The molecule has 0 unspecified atom stereocenters. The average molecular weight is 285 g/mol. The third kappa shape index (κ3) is 3.61. The van der Waals surface area contributed by atoms with Gasteiger partial charge in [0.15, 0.2) is 0 Å². The van der Waals surface area contributed by atoms with E-state index in [1.54, 1.807) is 12.1 Å². The number of hydrogen-bond acceptors (Lipinski definition) is 2. The van der Waals surface area contributed by atoms with Gasteiger partial charge in [0, 0.05) is 18.2 Å². The van der Waals surface area contributed by atoms with Crippen LogP contribution in [0.4, 0.5) is 4.39 Å². The molecule has 1 saturated carbocycles. The first-order valence-corrected chi connectivity index (χ1v) is 7.39. The van der Waals surface area contributed by atoms with Crippen LogP contribution >= 0.6 is 0 Å². The van der Waals surface area contributed by atoms with E-state index in [4.69, 9.17) is 4.74 Å². The third-order valence-electron chi connectivity index (χ3n) is 3.89. The lowest BCUT2D eigenvalue weighted by Gasteiger charge is -2.13. The topological polar surface area (TPSA) is 21.3 Å². The van der Waals surface area contributed by atoms with Gasteiger partial charge < -0.3 is 10.1 Å². The fraction of sp³-hybridized carbons (Fsp3) is 0.333. The first kappa shape index (κ1) is 14.1. The monoisotopic (exact) mass is 285 g/mol. The number of nitrogens with one attached hydrogen (secondary N) is 1. The highest BCUT2D eigenvalue weighted by Crippen LogP contribution is 2.28. The van der Waals surface area contributed by atoms with E-state index in [0.717, 1.165) is 11.3 Å². The van der Waals surface area contributed by atoms with Crippen LogP contribution in [0.5, 0.6) is 11.5 Å². The van der Waals surface area contributed by atoms with E-state index >= 15 is 0 Å². The molecule has 2 nitrogen and oxygen atoms in total. The van der Waals surface area contributed by atoms with Gasteiger partial charge in [0.05, 0.1) is 0 Å². The highest BCUT2D eigenvalue weighted by Gasteiger charge is 2.20. The standard InChI is InChI=1S/C18H20FNO/c1-12-3-7-17(9-13(12)2)21-18-8-4-15(19)10-14(18)11-20-16-5-6-16/h3-4,7-10,16,20H,5-6,11H2,1-2H3. The summed E-state index contributed by atoms with van der Waals surface area (Å²) < 4.78 is 19.4. The number of hydrogen-bond donors (Lipinski definition) is 1. The molecule has 0 radical (unpaired) electrons. The fourth-order valence-corrected chi connectivity index (χ4v) is 2.23. The Labute approximate surface area is 125 Å². The highest BCUT2D eigenvalue weighted by molar-refractivity contribution is 5.41. The van der Waals surface area contributed by atoms with Crippen molar-refractivity contribution in [3.8, 4) is 11.5 Å². The Balaban J connectivity index is 1.80. The second-order valence-corrected chi connectivity index (χ2v) is 5.76. The van der Waals surface area contributed by atoms with Gasteiger partial charge in [-0.25, -0.2) is 4.39 Å². The Morgan fingerprint density at radius 3 is 2.62 bits per heavy atom. The van der Waals surface area contributed by atoms with E-state index < -0.39 is 0 Å². The number of aryl methyl sites for hydroxylation is 2. The molecule has 0 heterocycles. The van der Waals surface area contributed by atoms with E-state index in [1.807, 2.05) is 18.2 Å². The van der Waals surface area contributed by atoms with Crippen molar-refractivity contribution in [3.05, 3.63) is 58.9 Å². The van der Waals surface area contributed by atoms with Crippen molar-refractivity contribution in [1.29, 1.82) is 0 Å². The first-order chi connectivity index (χ1) is 10.1. The third-order valence-corrected chi connectivity index (χ3v) is 3.89. The second-order valence-electron chi connectivity index (χ2n) is 5.76. The van der Waals surface area contributed by atoms with E-state index in [2.05, 4.69) is 19.2 Å². The van der Waals surface area contributed by atoms with Gasteiger partial charge in [0.1, 0.15) is 17.3 Å². The summed E-state index contributed by atoms with van der Waals surface area (Å²) in [6, 6.07) is 11.3. The van der Waals surface area contributed by atoms with Crippen molar-refractivity contribution in [1.82, 2.24) is 5.32 Å². The quantitative estimate of drug-likeness (QED) is 0.874. The Kier molecular flexibility index (Phi) is 3.93. The van der Waals surface area contributed by atoms with Crippen molar-refractivity contribution in [2.45, 2.75) is 39.3 Å². The Bertz CT molecular complexity index is 650. The second kappa shape index (κ2) is 5.86. The molecular formula is C18H20FNO. The van der Waals surface area contributed by atoms with E-state index in [0.29, 0.717) is 18.3 Å². The first-order valence-electron chi connectivity index (χ1n) is 7.39. The lowest BCUT2D eigenvalue weighted by molar-refractivity contribution is 0.469. The fourth-order valence-electron chi connectivity index (χ4n) is 2.23. The molecule has 2 aromatic rings. The van der Waals surface area contributed by atoms with Gasteiger partial charge in [-0.3, -0.25) is 0 Å². The minimum absolute atomic E-state index is 0.227. The summed E-state index contributed by atoms with van der Waals surface area (Å²) in [5.41, 5.74) is 3.28. The minimum atomic E-state index is -0.227. The lowest BCUT2D eigenvalue weighted by atomic mass is 10.1. The molecule has 0 bridgehead atoms. The molecule has 1 N–H and O–H groups in total. The molecule has 3 heteroatoms. The molecule has 0 aromatic heterocycles. The largest absolute Gasteiger partial charge is 0.457 e. The predicted molar refractivity (Wildman–Crippen MR) is 82.3 cm³/mol. The van der Waals surface area contributed by atoms with Gasteiger partial charge in [-0.15, -0.1) is 0 Å². The van der Waals surface area contributed by atoms with Crippen LogP contribution in [0.25, 0.3) is 0 Å². The Hall–Kier alpha value is -1.87. The van der Waals surface area contributed by atoms with Crippen LogP contribution in [-0.4, -0.2) is 6.04 Å². The van der Waals surface area contributed by atoms with Crippen molar-refractivity contribution >= 4 is 0 Å². The molecule has 21 heavy (non-hydrogen) atoms. The van der Waals surface area contributed by atoms with Gasteiger partial charge in [-0.05, 0) is 68.1 Å². The number of benzene rings is 2. The van der Waals surface area contributed by atoms with Gasteiger partial charge in [0.25, 0.3) is 0 Å². The zero-order valence-corrected chi connectivity index (χ0v) is 12.4. The summed E-state index contributed by atoms with van der Waals surface area (Å²) in [7, 11) is 0. The maximum atomic E-state index is 13.5. The van der Waals surface area contributed by atoms with Crippen LogP contribution in [0, 0.1) is 19.7 Å². The maximum Gasteiger partial charge on any atom is 0.132 e. The molecule has 1 aliphatic rings. The van der Waals surface area contributed by atoms with Crippen LogP contribution in [0.1, 0.15) is 29.5 Å². The van der Waals surface area contributed by atoms with Crippen LogP contribution in [0.15, 0.2) is 36.4 Å². The summed E-state index contributed by atoms with van der Waals surface area (Å²) in [5, 5.41) is 3.40. The van der Waals surface area contributed by atoms with Crippen LogP contribution in [0.3, 0.4) is 0 Å². The number of halogens is 1. The van der Waals surface area contributed by atoms with Crippen molar-refractivity contribution in [3.63, 3.8) is 0 Å². The average Bonchev–Trinajstić information content (AvgIpc) is 3.27. The summed E-state index contributed by atoms with van der Waals surface area (Å²) >= 11 is 0. The van der Waals surface area contributed by atoms with Gasteiger partial charge in [-0.2, -0.15) is 0 Å². The molecule has 3 rings (SSSR count). The van der Waals surface area contributed by atoms with E-state index in [1.165, 1.54) is 30.0 Å². The van der Waals surface area contributed by atoms with Gasteiger partial charge >= 0.3 is 0 Å². The van der Waals surface area contributed by atoms with E-state index in [9.17, 15) is 4.39 Å². The highest BCUT2D eigenvalue weighted by atomic mass is 19.1. The molecule has 0 saturated heterocycles. The van der Waals surface area contributed by atoms with E-state index in [-0.39, 0.29) is 5.82 Å². The molecule has 2 aromatic carbocycles. The van der Waals surface area contributed by atoms with Crippen molar-refractivity contribution < 1.29 is 9.13 Å². The predicted octanol–water partition coefficient (Wildman–Crippen LogP) is 4.49. The molecule has 1 fully saturated rings. The number of rotatable bonds is 5.